The predicted molar refractivity (Wildman–Crippen MR) is 63.1 cm³/mol. The summed E-state index contributed by atoms with van der Waals surface area (Å²) in [5.41, 5.74) is 0. The molecule has 0 radical (unpaired) electrons. The Hall–Kier alpha value is 1.45. The fraction of sp³-hybridized carbons (Fsp3) is 0.889. The Morgan fingerprint density at radius 1 is 0.952 bits per heavy atom. The van der Waals surface area contributed by atoms with Crippen LogP contribution in [-0.4, -0.2) is 48.0 Å². The van der Waals surface area contributed by atoms with Gasteiger partial charge < -0.3 is 13.8 Å². The van der Waals surface area contributed by atoms with Gasteiger partial charge in [0.05, 0.1) is 4.75 Å². The second-order valence-electron chi connectivity index (χ2n) is 5.07. The molecule has 8 nitrogen and oxygen atoms in total. The Labute approximate surface area is 169 Å². The summed E-state index contributed by atoms with van der Waals surface area (Å²) < 4.78 is 67.7. The molecule has 0 spiro atoms. The molecule has 0 saturated heterocycles. The van der Waals surface area contributed by atoms with Crippen molar-refractivity contribution >= 4 is 26.0 Å². The monoisotopic (exact) mass is 362 g/mol. The maximum Gasteiger partial charge on any atom is 1.00 e. The molecular formula is C9H16Na2O8S2. The number of rotatable bonds is 7. The van der Waals surface area contributed by atoms with Crippen LogP contribution in [0.4, 0.5) is 0 Å². The zero-order chi connectivity index (χ0) is 15.7. The van der Waals surface area contributed by atoms with E-state index in [4.69, 9.17) is 0 Å². The Morgan fingerprint density at radius 3 is 1.62 bits per heavy atom. The smallest absolute Gasteiger partial charge is 0.748 e. The molecule has 0 bridgehead atoms. The minimum absolute atomic E-state index is 0. The van der Waals surface area contributed by atoms with Crippen LogP contribution in [0.5, 0.6) is 0 Å². The fourth-order valence-electron chi connectivity index (χ4n) is 0.941. The van der Waals surface area contributed by atoms with Crippen LogP contribution in [0.2, 0.25) is 0 Å². The summed E-state index contributed by atoms with van der Waals surface area (Å²) in [5, 5.41) is 0. The molecule has 0 fully saturated rings. The third-order valence-electron chi connectivity index (χ3n) is 2.48. The van der Waals surface area contributed by atoms with Gasteiger partial charge >= 0.3 is 59.1 Å². The van der Waals surface area contributed by atoms with Crippen LogP contribution in [-0.2, 0) is 29.8 Å². The first-order chi connectivity index (χ1) is 8.10. The molecule has 0 aliphatic rings. The molecule has 0 unspecified atom stereocenters. The van der Waals surface area contributed by atoms with Crippen molar-refractivity contribution in [2.75, 3.05) is 6.61 Å². The number of hydrogen-bond acceptors (Lipinski definition) is 8. The molecule has 0 N–H and O–H groups in total. The summed E-state index contributed by atoms with van der Waals surface area (Å²) in [4.78, 5) is 9.35. The van der Waals surface area contributed by atoms with Gasteiger partial charge in [0.15, 0.2) is 10.7 Å². The molecule has 114 valence electrons. The molecular weight excluding hydrogens is 346 g/mol. The van der Waals surface area contributed by atoms with E-state index in [9.17, 15) is 30.7 Å². The summed E-state index contributed by atoms with van der Waals surface area (Å²) in [5.74, 6) is -0.791. The minimum Gasteiger partial charge on any atom is -0.748 e. The van der Waals surface area contributed by atoms with Gasteiger partial charge in [-0.2, -0.15) is 0 Å². The summed E-state index contributed by atoms with van der Waals surface area (Å²) in [6.45, 7) is 3.31. The van der Waals surface area contributed by atoms with Crippen molar-refractivity contribution in [1.82, 2.24) is 0 Å². The van der Waals surface area contributed by atoms with Crippen molar-refractivity contribution in [2.24, 2.45) is 0 Å². The molecule has 21 heavy (non-hydrogen) atoms. The predicted octanol–water partition coefficient (Wildman–Crippen LogP) is -6.42. The average Bonchev–Trinajstić information content (AvgIpc) is 2.10. The van der Waals surface area contributed by atoms with E-state index in [1.54, 1.807) is 0 Å². The van der Waals surface area contributed by atoms with E-state index in [-0.39, 0.29) is 59.1 Å². The van der Waals surface area contributed by atoms with Crippen molar-refractivity contribution in [1.29, 1.82) is 0 Å². The molecule has 0 aromatic heterocycles. The van der Waals surface area contributed by atoms with Gasteiger partial charge in [-0.15, -0.1) is 0 Å². The minimum atomic E-state index is -4.77. The van der Waals surface area contributed by atoms with Crippen molar-refractivity contribution < 1.29 is 94.6 Å². The number of carbonyl (C=O) groups excluding carboxylic acids is 1. The number of Topliss-reactive ketones (excluding diaryl/α,β-unsaturated/α-hetero) is 1. The number of carbonyl (C=O) groups is 1. The molecule has 0 amide bonds. The second-order valence-corrected chi connectivity index (χ2v) is 8.98. The Morgan fingerprint density at radius 2 is 1.33 bits per heavy atom. The Kier molecular flexibility index (Phi) is 11.8. The van der Waals surface area contributed by atoms with Crippen LogP contribution in [0.3, 0.4) is 0 Å². The normalized spacial score (nSPS) is 13.0. The maximum atomic E-state index is 11.5. The van der Waals surface area contributed by atoms with Crippen molar-refractivity contribution in [3.8, 4) is 0 Å². The fourth-order valence-corrected chi connectivity index (χ4v) is 1.48. The van der Waals surface area contributed by atoms with Crippen LogP contribution >= 0.6 is 0 Å². The quantitative estimate of drug-likeness (QED) is 0.322. The SMILES string of the molecule is CC(C)(CC(=O)COC(C)(C)S(=O)(=O)[O-])S(=O)(=O)[O-].[Na+].[Na+]. The van der Waals surface area contributed by atoms with Crippen molar-refractivity contribution in [3.63, 3.8) is 0 Å². The van der Waals surface area contributed by atoms with E-state index >= 15 is 0 Å². The first kappa shape index (κ1) is 27.3. The zero-order valence-corrected chi connectivity index (χ0v) is 18.6. The van der Waals surface area contributed by atoms with Gasteiger partial charge in [0, 0.05) is 6.42 Å². The Bertz CT molecular complexity index is 550. The molecule has 12 heteroatoms. The number of ether oxygens (including phenoxy) is 1. The van der Waals surface area contributed by atoms with Crippen molar-refractivity contribution in [2.45, 2.75) is 43.8 Å². The first-order valence-electron chi connectivity index (χ1n) is 5.17. The molecule has 0 rings (SSSR count). The van der Waals surface area contributed by atoms with Gasteiger partial charge in [-0.3, -0.25) is 4.79 Å². The molecule has 0 saturated carbocycles. The first-order valence-corrected chi connectivity index (χ1v) is 7.98. The molecule has 0 aliphatic carbocycles. The van der Waals surface area contributed by atoms with Gasteiger partial charge in [0.25, 0.3) is 0 Å². The summed E-state index contributed by atoms with van der Waals surface area (Å²) >= 11 is 0. The van der Waals surface area contributed by atoms with Crippen molar-refractivity contribution in [3.05, 3.63) is 0 Å². The van der Waals surface area contributed by atoms with Crippen LogP contribution in [0.1, 0.15) is 34.1 Å². The maximum absolute atomic E-state index is 11.5. The third-order valence-corrected chi connectivity index (χ3v) is 5.30. The van der Waals surface area contributed by atoms with Crippen LogP contribution < -0.4 is 59.1 Å². The Balaban J connectivity index is -0.00000162. The van der Waals surface area contributed by atoms with Gasteiger partial charge in [-0.05, 0) is 27.7 Å². The van der Waals surface area contributed by atoms with Crippen LogP contribution in [0, 0.1) is 0 Å². The number of ketones is 1. The summed E-state index contributed by atoms with van der Waals surface area (Å²) in [6.07, 6.45) is -0.631. The van der Waals surface area contributed by atoms with E-state index < -0.39 is 48.7 Å². The van der Waals surface area contributed by atoms with E-state index in [0.717, 1.165) is 27.7 Å². The average molecular weight is 362 g/mol. The van der Waals surface area contributed by atoms with Gasteiger partial charge in [-0.25, -0.2) is 16.8 Å². The van der Waals surface area contributed by atoms with E-state index in [1.165, 1.54) is 0 Å². The topological polar surface area (TPSA) is 141 Å². The third kappa shape index (κ3) is 8.75. The van der Waals surface area contributed by atoms with Crippen LogP contribution in [0.25, 0.3) is 0 Å². The van der Waals surface area contributed by atoms with Gasteiger partial charge in [0.2, 0.25) is 0 Å². The largest absolute Gasteiger partial charge is 1.00 e. The van der Waals surface area contributed by atoms with Gasteiger partial charge in [-0.1, -0.05) is 0 Å². The van der Waals surface area contributed by atoms with Gasteiger partial charge in [0.1, 0.15) is 26.8 Å². The molecule has 0 heterocycles. The van der Waals surface area contributed by atoms with E-state index in [2.05, 4.69) is 4.74 Å². The van der Waals surface area contributed by atoms with Crippen LogP contribution in [0.15, 0.2) is 0 Å². The number of hydrogen-bond donors (Lipinski definition) is 0. The molecule has 0 aromatic rings. The summed E-state index contributed by atoms with van der Waals surface area (Å²) in [6, 6.07) is 0. The molecule has 0 aromatic carbocycles. The molecule has 0 atom stereocenters. The zero-order valence-electron chi connectivity index (χ0n) is 13.0. The van der Waals surface area contributed by atoms with E-state index in [0.29, 0.717) is 0 Å². The molecule has 0 aliphatic heterocycles. The summed E-state index contributed by atoms with van der Waals surface area (Å²) in [7, 11) is -9.46. The second kappa shape index (κ2) is 9.07. The standard InChI is InChI=1S/C9H18O8S2.2Na/c1-8(2,18(11,12)13)5-7(10)6-17-9(3,4)19(14,15)16;;/h5-6H2,1-4H3,(H,11,12,13)(H,14,15,16);;/q;2*+1/p-2. The van der Waals surface area contributed by atoms with E-state index in [1.807, 2.05) is 0 Å².